The minimum Gasteiger partial charge on any atom is -0.347 e. The third-order valence-electron chi connectivity index (χ3n) is 6.13. The highest BCUT2D eigenvalue weighted by atomic mass is 19.1. The van der Waals surface area contributed by atoms with Crippen molar-refractivity contribution in [3.8, 4) is 18.2 Å². The predicted octanol–water partition coefficient (Wildman–Crippen LogP) is 3.33. The summed E-state index contributed by atoms with van der Waals surface area (Å²) in [6.45, 7) is 0.710. The standard InChI is InChI=1S/C21H16F2N4O2/c22-15-2-1-3-16(23)17(15)18-13-8-21(28-6-7-29-21)5-4-12(13)14(9-24)19(27)20(18,10-25)11-26/h1-4,13-14,18,27H,5-8H2/t13-,14+,18-/m0/s1. The zero-order valence-corrected chi connectivity index (χ0v) is 15.3. The summed E-state index contributed by atoms with van der Waals surface area (Å²) in [5.41, 5.74) is -2.59. The molecule has 146 valence electrons. The molecule has 1 aliphatic heterocycles. The molecule has 1 aromatic carbocycles. The third-order valence-corrected chi connectivity index (χ3v) is 6.13. The molecule has 1 heterocycles. The van der Waals surface area contributed by atoms with Crippen molar-refractivity contribution in [2.24, 2.45) is 17.3 Å². The summed E-state index contributed by atoms with van der Waals surface area (Å²) in [7, 11) is 0. The van der Waals surface area contributed by atoms with Crippen molar-refractivity contribution >= 4 is 5.71 Å². The largest absolute Gasteiger partial charge is 0.347 e. The van der Waals surface area contributed by atoms with E-state index in [0.29, 0.717) is 25.2 Å². The summed E-state index contributed by atoms with van der Waals surface area (Å²) in [6.07, 6.45) is 2.16. The first kappa shape index (κ1) is 19.2. The van der Waals surface area contributed by atoms with Crippen molar-refractivity contribution in [3.05, 3.63) is 47.0 Å². The van der Waals surface area contributed by atoms with Crippen molar-refractivity contribution < 1.29 is 18.3 Å². The SMILES string of the molecule is N#C[C@H]1C(=N)C(C#N)(C#N)[C@H](c2c(F)cccc2F)[C@H]2CC3(CC=C12)OCCO3. The maximum atomic E-state index is 14.8. The van der Waals surface area contributed by atoms with Gasteiger partial charge < -0.3 is 14.9 Å². The molecule has 0 aromatic heterocycles. The number of fused-ring (bicyclic) bond motifs is 1. The van der Waals surface area contributed by atoms with Crippen molar-refractivity contribution in [2.75, 3.05) is 13.2 Å². The van der Waals surface area contributed by atoms with Gasteiger partial charge in [-0.05, 0) is 23.6 Å². The van der Waals surface area contributed by atoms with Gasteiger partial charge in [-0.3, -0.25) is 0 Å². The second-order valence-corrected chi connectivity index (χ2v) is 7.45. The highest BCUT2D eigenvalue weighted by Gasteiger charge is 2.61. The highest BCUT2D eigenvalue weighted by Crippen LogP contribution is 2.58. The van der Waals surface area contributed by atoms with Gasteiger partial charge in [-0.2, -0.15) is 15.8 Å². The lowest BCUT2D eigenvalue weighted by Crippen LogP contribution is -2.52. The molecular weight excluding hydrogens is 378 g/mol. The van der Waals surface area contributed by atoms with E-state index in [-0.39, 0.29) is 6.42 Å². The first-order valence-electron chi connectivity index (χ1n) is 9.16. The number of ether oxygens (including phenoxy) is 2. The first-order chi connectivity index (χ1) is 13.9. The Balaban J connectivity index is 1.99. The summed E-state index contributed by atoms with van der Waals surface area (Å²) in [5.74, 6) is -6.03. The van der Waals surface area contributed by atoms with Crippen LogP contribution in [0.3, 0.4) is 0 Å². The summed E-state index contributed by atoms with van der Waals surface area (Å²) in [5, 5.41) is 38.0. The van der Waals surface area contributed by atoms with Gasteiger partial charge in [0.2, 0.25) is 0 Å². The Morgan fingerprint density at radius 3 is 2.24 bits per heavy atom. The second-order valence-electron chi connectivity index (χ2n) is 7.45. The Morgan fingerprint density at radius 2 is 1.69 bits per heavy atom. The van der Waals surface area contributed by atoms with Crippen molar-refractivity contribution in [1.82, 2.24) is 0 Å². The van der Waals surface area contributed by atoms with Crippen LogP contribution in [0.15, 0.2) is 29.8 Å². The molecule has 6 nitrogen and oxygen atoms in total. The van der Waals surface area contributed by atoms with Gasteiger partial charge in [0, 0.05) is 24.3 Å². The monoisotopic (exact) mass is 394 g/mol. The van der Waals surface area contributed by atoms with E-state index in [2.05, 4.69) is 0 Å². The zero-order valence-electron chi connectivity index (χ0n) is 15.3. The number of rotatable bonds is 1. The van der Waals surface area contributed by atoms with Crippen LogP contribution in [0.2, 0.25) is 0 Å². The second kappa shape index (κ2) is 6.74. The lowest BCUT2D eigenvalue weighted by atomic mass is 9.52. The van der Waals surface area contributed by atoms with Crippen LogP contribution in [-0.2, 0) is 9.47 Å². The van der Waals surface area contributed by atoms with Gasteiger partial charge in [-0.25, -0.2) is 8.78 Å². The molecule has 2 fully saturated rings. The fourth-order valence-electron chi connectivity index (χ4n) is 4.85. The van der Waals surface area contributed by atoms with Gasteiger partial charge in [0.25, 0.3) is 0 Å². The van der Waals surface area contributed by atoms with Gasteiger partial charge in [0.1, 0.15) is 17.6 Å². The molecule has 0 unspecified atom stereocenters. The molecule has 1 aromatic rings. The molecule has 1 spiro atoms. The molecule has 0 amide bonds. The van der Waals surface area contributed by atoms with Crippen molar-refractivity contribution in [2.45, 2.75) is 24.5 Å². The smallest absolute Gasteiger partial charge is 0.189 e. The highest BCUT2D eigenvalue weighted by molar-refractivity contribution is 6.00. The number of halogens is 2. The van der Waals surface area contributed by atoms with Crippen molar-refractivity contribution in [1.29, 1.82) is 21.2 Å². The van der Waals surface area contributed by atoms with Gasteiger partial charge in [-0.1, -0.05) is 12.1 Å². The molecule has 4 rings (SSSR count). The van der Waals surface area contributed by atoms with Gasteiger partial charge >= 0.3 is 0 Å². The molecular formula is C21H16F2N4O2. The number of nitriles is 3. The van der Waals surface area contributed by atoms with Gasteiger partial charge in [0.15, 0.2) is 11.2 Å². The molecule has 3 aliphatic rings. The topological polar surface area (TPSA) is 114 Å². The summed E-state index contributed by atoms with van der Waals surface area (Å²) >= 11 is 0. The van der Waals surface area contributed by atoms with E-state index in [1.54, 1.807) is 6.08 Å². The van der Waals surface area contributed by atoms with Crippen molar-refractivity contribution in [3.63, 3.8) is 0 Å². The molecule has 0 bridgehead atoms. The Morgan fingerprint density at radius 1 is 1.07 bits per heavy atom. The molecule has 0 radical (unpaired) electrons. The van der Waals surface area contributed by atoms with Crippen LogP contribution in [-0.4, -0.2) is 24.7 Å². The van der Waals surface area contributed by atoms with Gasteiger partial charge in [0.05, 0.1) is 37.1 Å². The fraction of sp³-hybridized carbons (Fsp3) is 0.429. The number of nitrogens with one attached hydrogen (secondary N) is 1. The number of hydrogen-bond acceptors (Lipinski definition) is 6. The summed E-state index contributed by atoms with van der Waals surface area (Å²) in [4.78, 5) is 0. The van der Waals surface area contributed by atoms with E-state index < -0.39 is 51.9 Å². The van der Waals surface area contributed by atoms with Crippen LogP contribution in [0.25, 0.3) is 0 Å². The maximum absolute atomic E-state index is 14.8. The summed E-state index contributed by atoms with van der Waals surface area (Å²) < 4.78 is 41.1. The molecule has 1 saturated carbocycles. The molecule has 29 heavy (non-hydrogen) atoms. The molecule has 3 atom stereocenters. The average Bonchev–Trinajstić information content (AvgIpc) is 3.16. The minimum atomic E-state index is -2.19. The number of hydrogen-bond donors (Lipinski definition) is 1. The molecule has 1 N–H and O–H groups in total. The van der Waals surface area contributed by atoms with Crippen LogP contribution >= 0.6 is 0 Å². The quantitative estimate of drug-likeness (QED) is 0.734. The third kappa shape index (κ3) is 2.59. The van der Waals surface area contributed by atoms with Crippen LogP contribution in [0.5, 0.6) is 0 Å². The molecule has 8 heteroatoms. The minimum absolute atomic E-state index is 0.133. The Kier molecular flexibility index (Phi) is 4.46. The Labute approximate surface area is 166 Å². The summed E-state index contributed by atoms with van der Waals surface area (Å²) in [6, 6.07) is 8.94. The predicted molar refractivity (Wildman–Crippen MR) is 95.0 cm³/mol. The lowest BCUT2D eigenvalue weighted by molar-refractivity contribution is -0.171. The van der Waals surface area contributed by atoms with Gasteiger partial charge in [-0.15, -0.1) is 0 Å². The molecule has 2 aliphatic carbocycles. The van der Waals surface area contributed by atoms with E-state index in [1.165, 1.54) is 6.07 Å². The number of benzene rings is 1. The number of allylic oxidation sites excluding steroid dienone is 1. The average molecular weight is 394 g/mol. The van der Waals surface area contributed by atoms with E-state index >= 15 is 0 Å². The van der Waals surface area contributed by atoms with E-state index in [1.807, 2.05) is 18.2 Å². The van der Waals surface area contributed by atoms with Crippen LogP contribution in [0, 0.1) is 68.3 Å². The Bertz CT molecular complexity index is 1010. The number of nitrogens with zero attached hydrogens (tertiary/aromatic N) is 3. The van der Waals surface area contributed by atoms with E-state index in [9.17, 15) is 24.6 Å². The first-order valence-corrected chi connectivity index (χ1v) is 9.16. The lowest BCUT2D eigenvalue weighted by Gasteiger charge is -2.48. The normalized spacial score (nSPS) is 29.3. The molecule has 1 saturated heterocycles. The zero-order chi connectivity index (χ0) is 20.8. The van der Waals surface area contributed by atoms with Crippen LogP contribution < -0.4 is 0 Å². The van der Waals surface area contributed by atoms with E-state index in [0.717, 1.165) is 12.1 Å². The van der Waals surface area contributed by atoms with E-state index in [4.69, 9.17) is 14.9 Å². The van der Waals surface area contributed by atoms with Crippen LogP contribution in [0.1, 0.15) is 24.3 Å². The van der Waals surface area contributed by atoms with Crippen LogP contribution in [0.4, 0.5) is 8.78 Å². The Hall–Kier alpha value is -3.12. The maximum Gasteiger partial charge on any atom is 0.189 e. The fourth-order valence-corrected chi connectivity index (χ4v) is 4.85.